The van der Waals surface area contributed by atoms with Gasteiger partial charge in [0, 0.05) is 17.4 Å². The number of ether oxygens (including phenoxy) is 1. The molecule has 0 aliphatic carbocycles. The Hall–Kier alpha value is -1.56. The summed E-state index contributed by atoms with van der Waals surface area (Å²) in [5.41, 5.74) is 5.00. The highest BCUT2D eigenvalue weighted by atomic mass is 79.9. The minimum atomic E-state index is -0.588. The first-order chi connectivity index (χ1) is 8.99. The summed E-state index contributed by atoms with van der Waals surface area (Å²) in [6.45, 7) is 2.08. The van der Waals surface area contributed by atoms with Crippen molar-refractivity contribution < 1.29 is 14.3 Å². The first-order valence-electron chi connectivity index (χ1n) is 5.97. The summed E-state index contributed by atoms with van der Waals surface area (Å²) < 4.78 is 6.43. The summed E-state index contributed by atoms with van der Waals surface area (Å²) in [7, 11) is 0. The van der Waals surface area contributed by atoms with Gasteiger partial charge >= 0.3 is 0 Å². The Balaban J connectivity index is 2.32. The van der Waals surface area contributed by atoms with Crippen molar-refractivity contribution in [1.82, 2.24) is 5.32 Å². The van der Waals surface area contributed by atoms with Crippen molar-refractivity contribution in [1.29, 1.82) is 0 Å². The molecule has 0 bridgehead atoms. The third-order valence-electron chi connectivity index (χ3n) is 2.39. The Morgan fingerprint density at radius 2 is 2.00 bits per heavy atom. The lowest BCUT2D eigenvalue weighted by Crippen LogP contribution is -2.37. The van der Waals surface area contributed by atoms with Gasteiger partial charge in [0.15, 0.2) is 6.10 Å². The molecule has 0 aliphatic rings. The molecule has 0 fully saturated rings. The number of nitrogens with one attached hydrogen (secondary N) is 1. The summed E-state index contributed by atoms with van der Waals surface area (Å²) in [6.07, 6.45) is 0.212. The molecule has 0 saturated heterocycles. The highest BCUT2D eigenvalue weighted by molar-refractivity contribution is 9.10. The number of hydrogen-bond donors (Lipinski definition) is 2. The van der Waals surface area contributed by atoms with E-state index in [1.54, 1.807) is 19.1 Å². The van der Waals surface area contributed by atoms with Crippen LogP contribution in [0.25, 0.3) is 0 Å². The van der Waals surface area contributed by atoms with Crippen molar-refractivity contribution in [2.24, 2.45) is 5.73 Å². The fourth-order valence-corrected chi connectivity index (χ4v) is 1.65. The van der Waals surface area contributed by atoms with Crippen molar-refractivity contribution in [3.05, 3.63) is 28.7 Å². The number of primary amides is 1. The lowest BCUT2D eigenvalue weighted by atomic mass is 10.3. The Morgan fingerprint density at radius 3 is 2.58 bits per heavy atom. The molecule has 104 valence electrons. The summed E-state index contributed by atoms with van der Waals surface area (Å²) >= 11 is 3.32. The van der Waals surface area contributed by atoms with Crippen LogP contribution in [-0.4, -0.2) is 24.5 Å². The molecule has 1 unspecified atom stereocenters. The van der Waals surface area contributed by atoms with Crippen molar-refractivity contribution >= 4 is 27.7 Å². The first-order valence-corrected chi connectivity index (χ1v) is 6.76. The molecular formula is C13H17BrN2O3. The molecule has 19 heavy (non-hydrogen) atoms. The zero-order valence-electron chi connectivity index (χ0n) is 10.7. The zero-order valence-corrected chi connectivity index (χ0v) is 12.3. The Morgan fingerprint density at radius 1 is 1.37 bits per heavy atom. The number of nitrogens with two attached hydrogens (primary N) is 1. The number of halogens is 1. The fraction of sp³-hybridized carbons (Fsp3) is 0.385. The number of benzene rings is 1. The van der Waals surface area contributed by atoms with Crippen LogP contribution >= 0.6 is 15.9 Å². The molecule has 1 aromatic rings. The van der Waals surface area contributed by atoms with E-state index in [2.05, 4.69) is 21.2 Å². The van der Waals surface area contributed by atoms with Crippen LogP contribution in [0.4, 0.5) is 0 Å². The molecule has 5 nitrogen and oxygen atoms in total. The van der Waals surface area contributed by atoms with E-state index in [1.165, 1.54) is 0 Å². The van der Waals surface area contributed by atoms with Crippen LogP contribution in [0, 0.1) is 0 Å². The van der Waals surface area contributed by atoms with Crippen molar-refractivity contribution in [3.63, 3.8) is 0 Å². The normalized spacial score (nSPS) is 11.7. The van der Waals surface area contributed by atoms with Gasteiger partial charge in [-0.2, -0.15) is 0 Å². The van der Waals surface area contributed by atoms with Crippen molar-refractivity contribution in [2.75, 3.05) is 6.54 Å². The standard InChI is InChI=1S/C13H17BrN2O3/c1-9(13(18)16-8-2-3-12(15)17)19-11-6-4-10(14)5-7-11/h4-7,9H,2-3,8H2,1H3,(H2,15,17)(H,16,18). The third kappa shape index (κ3) is 6.24. The van der Waals surface area contributed by atoms with E-state index in [0.29, 0.717) is 18.7 Å². The molecule has 3 N–H and O–H groups in total. The first kappa shape index (κ1) is 15.5. The number of amides is 2. The van der Waals surface area contributed by atoms with Gasteiger partial charge in [-0.25, -0.2) is 0 Å². The topological polar surface area (TPSA) is 81.4 Å². The number of rotatable bonds is 7. The van der Waals surface area contributed by atoms with Gasteiger partial charge in [-0.05, 0) is 37.6 Å². The zero-order chi connectivity index (χ0) is 14.3. The van der Waals surface area contributed by atoms with E-state index in [4.69, 9.17) is 10.5 Å². The van der Waals surface area contributed by atoms with E-state index < -0.39 is 6.10 Å². The molecule has 0 radical (unpaired) electrons. The van der Waals surface area contributed by atoms with E-state index in [0.717, 1.165) is 4.47 Å². The van der Waals surface area contributed by atoms with Crippen LogP contribution in [0.1, 0.15) is 19.8 Å². The average molecular weight is 329 g/mol. The van der Waals surface area contributed by atoms with Gasteiger partial charge in [-0.15, -0.1) is 0 Å². The third-order valence-corrected chi connectivity index (χ3v) is 2.92. The number of hydrogen-bond acceptors (Lipinski definition) is 3. The largest absolute Gasteiger partial charge is 0.481 e. The summed E-state index contributed by atoms with van der Waals surface area (Å²) in [4.78, 5) is 22.2. The maximum absolute atomic E-state index is 11.7. The SMILES string of the molecule is CC(Oc1ccc(Br)cc1)C(=O)NCCCC(N)=O. The van der Waals surface area contributed by atoms with Crippen LogP contribution in [0.5, 0.6) is 5.75 Å². The highest BCUT2D eigenvalue weighted by Gasteiger charge is 2.13. The number of carbonyl (C=O) groups is 2. The minimum absolute atomic E-state index is 0.215. The molecule has 1 aromatic carbocycles. The smallest absolute Gasteiger partial charge is 0.260 e. The maximum Gasteiger partial charge on any atom is 0.260 e. The monoisotopic (exact) mass is 328 g/mol. The molecule has 1 atom stereocenters. The minimum Gasteiger partial charge on any atom is -0.481 e. The molecule has 6 heteroatoms. The second kappa shape index (κ2) is 7.78. The molecular weight excluding hydrogens is 312 g/mol. The lowest BCUT2D eigenvalue weighted by Gasteiger charge is -2.14. The van der Waals surface area contributed by atoms with Crippen LogP contribution in [-0.2, 0) is 9.59 Å². The van der Waals surface area contributed by atoms with E-state index in [-0.39, 0.29) is 18.2 Å². The molecule has 0 saturated carbocycles. The molecule has 2 amide bonds. The highest BCUT2D eigenvalue weighted by Crippen LogP contribution is 2.17. The molecule has 0 spiro atoms. The summed E-state index contributed by atoms with van der Waals surface area (Å²) in [6, 6.07) is 7.24. The van der Waals surface area contributed by atoms with Crippen molar-refractivity contribution in [2.45, 2.75) is 25.9 Å². The average Bonchev–Trinajstić information content (AvgIpc) is 2.36. The van der Waals surface area contributed by atoms with Crippen molar-refractivity contribution in [3.8, 4) is 5.75 Å². The quantitative estimate of drug-likeness (QED) is 0.746. The molecule has 1 rings (SSSR count). The molecule has 0 heterocycles. The van der Waals surface area contributed by atoms with Gasteiger partial charge in [0.1, 0.15) is 5.75 Å². The van der Waals surface area contributed by atoms with Gasteiger partial charge in [-0.1, -0.05) is 15.9 Å². The molecule has 0 aliphatic heterocycles. The van der Waals surface area contributed by atoms with Crippen LogP contribution in [0.2, 0.25) is 0 Å². The van der Waals surface area contributed by atoms with Gasteiger partial charge < -0.3 is 15.8 Å². The summed E-state index contributed by atoms with van der Waals surface area (Å²) in [5, 5.41) is 2.69. The van der Waals surface area contributed by atoms with Gasteiger partial charge in [0.25, 0.3) is 5.91 Å². The van der Waals surface area contributed by atoms with E-state index in [1.807, 2.05) is 12.1 Å². The van der Waals surface area contributed by atoms with Crippen LogP contribution in [0.15, 0.2) is 28.7 Å². The Labute approximate surface area is 120 Å². The second-order valence-electron chi connectivity index (χ2n) is 4.07. The molecule has 0 aromatic heterocycles. The second-order valence-corrected chi connectivity index (χ2v) is 4.99. The van der Waals surface area contributed by atoms with E-state index >= 15 is 0 Å². The lowest BCUT2D eigenvalue weighted by molar-refractivity contribution is -0.127. The maximum atomic E-state index is 11.7. The van der Waals surface area contributed by atoms with Gasteiger partial charge in [0.05, 0.1) is 0 Å². The van der Waals surface area contributed by atoms with E-state index in [9.17, 15) is 9.59 Å². The van der Waals surface area contributed by atoms with Gasteiger partial charge in [0.2, 0.25) is 5.91 Å². The predicted molar refractivity (Wildman–Crippen MR) is 75.7 cm³/mol. The number of carbonyl (C=O) groups excluding carboxylic acids is 2. The Kier molecular flexibility index (Phi) is 6.35. The Bertz CT molecular complexity index is 434. The van der Waals surface area contributed by atoms with Gasteiger partial charge in [-0.3, -0.25) is 9.59 Å². The van der Waals surface area contributed by atoms with Crippen LogP contribution < -0.4 is 15.8 Å². The fourth-order valence-electron chi connectivity index (χ4n) is 1.39. The summed E-state index contributed by atoms with van der Waals surface area (Å²) in [5.74, 6) is 0.0452. The van der Waals surface area contributed by atoms with Crippen LogP contribution in [0.3, 0.4) is 0 Å². The predicted octanol–water partition coefficient (Wildman–Crippen LogP) is 1.60.